The number of halogens is 3. The average molecular weight is 595 g/mol. The first-order valence-corrected chi connectivity index (χ1v) is 14.3. The molecule has 0 spiro atoms. The first kappa shape index (κ1) is 29.6. The summed E-state index contributed by atoms with van der Waals surface area (Å²) in [5.74, 6) is -1.67. The van der Waals surface area contributed by atoms with Crippen LogP contribution in [0.1, 0.15) is 36.2 Å². The van der Waals surface area contributed by atoms with Crippen LogP contribution in [0, 0.1) is 5.82 Å². The molecule has 212 valence electrons. The van der Waals surface area contributed by atoms with Gasteiger partial charge >= 0.3 is 8.03 Å². The number of ketones is 1. The van der Waals surface area contributed by atoms with Gasteiger partial charge in [0.15, 0.2) is 11.9 Å². The molecule has 0 bridgehead atoms. The van der Waals surface area contributed by atoms with Crippen LogP contribution in [0.4, 0.5) is 8.78 Å². The van der Waals surface area contributed by atoms with Crippen LogP contribution in [0.2, 0.25) is 5.02 Å². The number of hydrogen-bond donors (Lipinski definition) is 1. The number of carbonyl (C=O) groups excluding carboxylic acids is 3. The van der Waals surface area contributed by atoms with Crippen LogP contribution in [0.25, 0.3) is 10.9 Å². The third-order valence-corrected chi connectivity index (χ3v) is 7.78. The highest BCUT2D eigenvalue weighted by Gasteiger charge is 2.39. The summed E-state index contributed by atoms with van der Waals surface area (Å²) in [4.78, 5) is 39.7. The highest BCUT2D eigenvalue weighted by Crippen LogP contribution is 2.29. The number of likely N-dealkylation sites (tertiary alicyclic amines) is 1. The van der Waals surface area contributed by atoms with Gasteiger partial charge in [-0.2, -0.15) is 0 Å². The van der Waals surface area contributed by atoms with Gasteiger partial charge in [0.05, 0.1) is 17.1 Å². The van der Waals surface area contributed by atoms with Crippen LogP contribution in [0.15, 0.2) is 42.6 Å². The summed E-state index contributed by atoms with van der Waals surface area (Å²) in [6, 6.07) is 8.21. The fourth-order valence-corrected chi connectivity index (χ4v) is 5.09. The lowest BCUT2D eigenvalue weighted by atomic mass is 10.1. The van der Waals surface area contributed by atoms with Crippen molar-refractivity contribution in [3.63, 3.8) is 0 Å². The topological polar surface area (TPSA) is 107 Å². The van der Waals surface area contributed by atoms with Crippen LogP contribution in [-0.2, 0) is 31.8 Å². The van der Waals surface area contributed by atoms with E-state index in [9.17, 15) is 27.7 Å². The molecule has 1 saturated heterocycles. The Bertz CT molecular complexity index is 1470. The number of ether oxygens (including phenoxy) is 1. The summed E-state index contributed by atoms with van der Waals surface area (Å²) in [7, 11) is -1.83. The standard InChI is InChI=1S/C27H27ClF2N3O6P/c1-3-40(37)39-15-38-19-7-8-20-21(16(2)34)13-32(23(20)10-19)14-25(35)33-12-18(29)9-24(33)27(36)31-11-17-5-4-6-22(28)26(17)30/h4-8,10,13,18,24H,3,9,11-12,14-15H2,1-2H3/p+1/t18-,24+/m1/s1. The van der Waals surface area contributed by atoms with E-state index in [0.717, 1.165) is 4.90 Å². The van der Waals surface area contributed by atoms with Crippen molar-refractivity contribution in [1.29, 1.82) is 0 Å². The number of amides is 2. The van der Waals surface area contributed by atoms with Gasteiger partial charge in [-0.15, -0.1) is 4.52 Å². The molecule has 1 aliphatic heterocycles. The third-order valence-electron chi connectivity index (χ3n) is 6.58. The van der Waals surface area contributed by atoms with Crippen molar-refractivity contribution in [2.75, 3.05) is 19.5 Å². The number of aromatic nitrogens is 1. The molecule has 3 atom stereocenters. The van der Waals surface area contributed by atoms with E-state index in [0.29, 0.717) is 28.4 Å². The highest BCUT2D eigenvalue weighted by molar-refractivity contribution is 7.39. The lowest BCUT2D eigenvalue weighted by Crippen LogP contribution is -2.46. The van der Waals surface area contributed by atoms with E-state index in [1.54, 1.807) is 31.2 Å². The van der Waals surface area contributed by atoms with Gasteiger partial charge in [-0.1, -0.05) is 23.7 Å². The predicted molar refractivity (Wildman–Crippen MR) is 145 cm³/mol. The van der Waals surface area contributed by atoms with Crippen molar-refractivity contribution < 1.29 is 37.0 Å². The first-order chi connectivity index (χ1) is 19.1. The van der Waals surface area contributed by atoms with E-state index in [2.05, 4.69) is 5.32 Å². The van der Waals surface area contributed by atoms with E-state index < -0.39 is 37.9 Å². The lowest BCUT2D eigenvalue weighted by Gasteiger charge is -2.24. The van der Waals surface area contributed by atoms with E-state index in [4.69, 9.17) is 20.9 Å². The number of nitrogens with zero attached hydrogens (tertiary/aromatic N) is 2. The van der Waals surface area contributed by atoms with Crippen molar-refractivity contribution >= 4 is 48.1 Å². The number of alkyl halides is 1. The van der Waals surface area contributed by atoms with Crippen LogP contribution in [-0.4, -0.2) is 58.8 Å². The Morgan fingerprint density at radius 1 is 1.23 bits per heavy atom. The Morgan fingerprint density at radius 3 is 2.73 bits per heavy atom. The number of carbonyl (C=O) groups is 3. The van der Waals surface area contributed by atoms with Gasteiger partial charge in [-0.3, -0.25) is 14.4 Å². The molecular weight excluding hydrogens is 567 g/mol. The number of Topliss-reactive ketones (excluding diaryl/α,β-unsaturated/α-hetero) is 1. The fourth-order valence-electron chi connectivity index (χ4n) is 4.55. The van der Waals surface area contributed by atoms with Gasteiger partial charge in [-0.05, 0) is 36.6 Å². The molecule has 0 saturated carbocycles. The maximum absolute atomic E-state index is 14.4. The minimum Gasteiger partial charge on any atom is -0.463 e. The summed E-state index contributed by atoms with van der Waals surface area (Å²) in [6.07, 6.45) is 0.265. The average Bonchev–Trinajstić information content (AvgIpc) is 3.50. The molecule has 1 unspecified atom stereocenters. The number of benzene rings is 2. The number of fused-ring (bicyclic) bond motifs is 1. The zero-order chi connectivity index (χ0) is 29.0. The first-order valence-electron chi connectivity index (χ1n) is 12.6. The normalized spacial score (nSPS) is 17.2. The molecule has 1 aromatic heterocycles. The van der Waals surface area contributed by atoms with E-state index in [-0.39, 0.29) is 49.2 Å². The van der Waals surface area contributed by atoms with E-state index in [1.165, 1.54) is 29.8 Å². The molecule has 0 aliphatic carbocycles. The summed E-state index contributed by atoms with van der Waals surface area (Å²) < 4.78 is 52.3. The van der Waals surface area contributed by atoms with Gasteiger partial charge in [0.2, 0.25) is 18.6 Å². The molecule has 0 radical (unpaired) electrons. The Balaban J connectivity index is 1.51. The molecule has 2 heterocycles. The zero-order valence-corrected chi connectivity index (χ0v) is 23.5. The Hall–Kier alpha value is -3.40. The monoisotopic (exact) mass is 594 g/mol. The second kappa shape index (κ2) is 12.8. The van der Waals surface area contributed by atoms with Crippen LogP contribution in [0.3, 0.4) is 0 Å². The van der Waals surface area contributed by atoms with E-state index >= 15 is 0 Å². The molecule has 1 aliphatic rings. The summed E-state index contributed by atoms with van der Waals surface area (Å²) in [5.41, 5.74) is 1.04. The molecule has 13 heteroatoms. The number of nitrogens with one attached hydrogen (secondary N) is 1. The van der Waals surface area contributed by atoms with Gasteiger partial charge in [0.1, 0.15) is 30.3 Å². The smallest absolute Gasteiger partial charge is 0.463 e. The fraction of sp³-hybridized carbons (Fsp3) is 0.370. The molecule has 1 N–H and O–H groups in total. The molecule has 4 rings (SSSR count). The van der Waals surface area contributed by atoms with E-state index in [1.807, 2.05) is 0 Å². The highest BCUT2D eigenvalue weighted by atomic mass is 35.5. The largest absolute Gasteiger partial charge is 0.511 e. The summed E-state index contributed by atoms with van der Waals surface area (Å²) in [6.45, 7) is 2.15. The predicted octanol–water partition coefficient (Wildman–Crippen LogP) is 5.01. The molecule has 2 amide bonds. The van der Waals surface area contributed by atoms with Crippen LogP contribution >= 0.6 is 19.6 Å². The second-order valence-corrected chi connectivity index (χ2v) is 11.2. The molecular formula is C27H28ClF2N3O6P+. The minimum absolute atomic E-state index is 0.0883. The number of hydrogen-bond acceptors (Lipinski definition) is 6. The van der Waals surface area contributed by atoms with Crippen molar-refractivity contribution in [2.24, 2.45) is 0 Å². The van der Waals surface area contributed by atoms with Crippen molar-refractivity contribution in [2.45, 2.75) is 45.6 Å². The van der Waals surface area contributed by atoms with Gasteiger partial charge < -0.3 is 19.5 Å². The van der Waals surface area contributed by atoms with Gasteiger partial charge in [-0.25, -0.2) is 8.78 Å². The molecule has 1 fully saturated rings. The molecule has 3 aromatic rings. The van der Waals surface area contributed by atoms with Crippen molar-refractivity contribution in [1.82, 2.24) is 14.8 Å². The maximum atomic E-state index is 14.4. The Morgan fingerprint density at radius 2 is 2.00 bits per heavy atom. The Labute approximate surface area is 235 Å². The van der Waals surface area contributed by atoms with Gasteiger partial charge in [0.25, 0.3) is 0 Å². The van der Waals surface area contributed by atoms with Gasteiger partial charge in [0, 0.05) is 41.7 Å². The minimum atomic E-state index is -1.83. The zero-order valence-electron chi connectivity index (χ0n) is 21.9. The molecule has 40 heavy (non-hydrogen) atoms. The van der Waals surface area contributed by atoms with Crippen molar-refractivity contribution in [3.8, 4) is 5.75 Å². The third kappa shape index (κ3) is 6.66. The molecule has 2 aromatic carbocycles. The number of rotatable bonds is 11. The lowest BCUT2D eigenvalue weighted by molar-refractivity contribution is -0.139. The second-order valence-electron chi connectivity index (χ2n) is 9.27. The maximum Gasteiger partial charge on any atom is 0.511 e. The quantitative estimate of drug-likeness (QED) is 0.190. The summed E-state index contributed by atoms with van der Waals surface area (Å²) in [5, 5.41) is 3.06. The van der Waals surface area contributed by atoms with Crippen LogP contribution in [0.5, 0.6) is 5.75 Å². The van der Waals surface area contributed by atoms with Crippen LogP contribution < -0.4 is 10.1 Å². The SMILES string of the molecule is CC[P+](=O)OCOc1ccc2c(C(C)=O)cn(CC(=O)N3C[C@H](F)C[C@H]3C(=O)NCc3cccc(Cl)c3F)c2c1. The van der Waals surface area contributed by atoms with Crippen molar-refractivity contribution in [3.05, 3.63) is 64.6 Å². The summed E-state index contributed by atoms with van der Waals surface area (Å²) >= 11 is 5.79. The Kier molecular flexibility index (Phi) is 9.50. The molecule has 9 nitrogen and oxygen atoms in total.